The van der Waals surface area contributed by atoms with E-state index in [-0.39, 0.29) is 11.7 Å². The van der Waals surface area contributed by atoms with Crippen molar-refractivity contribution in [3.63, 3.8) is 0 Å². The average Bonchev–Trinajstić information content (AvgIpc) is 2.62. The minimum absolute atomic E-state index is 0.113. The lowest BCUT2D eigenvalue weighted by Crippen LogP contribution is -2.33. The Balaban J connectivity index is 2.18. The lowest BCUT2D eigenvalue weighted by molar-refractivity contribution is 0.0572. The van der Waals surface area contributed by atoms with E-state index in [1.54, 1.807) is 24.0 Å². The molecule has 0 bridgehead atoms. The Labute approximate surface area is 113 Å². The first-order valence-corrected chi connectivity index (χ1v) is 6.47. The van der Waals surface area contributed by atoms with Gasteiger partial charge in [-0.2, -0.15) is 0 Å². The quantitative estimate of drug-likeness (QED) is 0.759. The summed E-state index contributed by atoms with van der Waals surface area (Å²) in [7, 11) is 0. The molecule has 4 nitrogen and oxygen atoms in total. The molecule has 2 rings (SSSR count). The summed E-state index contributed by atoms with van der Waals surface area (Å²) in [6.45, 7) is 2.63. The average molecular weight is 347 g/mol. The van der Waals surface area contributed by atoms with Crippen LogP contribution < -0.4 is 0 Å². The molecule has 0 radical (unpaired) electrons. The van der Waals surface area contributed by atoms with Crippen molar-refractivity contribution in [1.29, 1.82) is 0 Å². The van der Waals surface area contributed by atoms with Crippen LogP contribution in [0.4, 0.5) is 0 Å². The van der Waals surface area contributed by atoms with Crippen LogP contribution in [-0.2, 0) is 0 Å². The highest BCUT2D eigenvalue weighted by molar-refractivity contribution is 14.1. The van der Waals surface area contributed by atoms with Crippen LogP contribution in [0.25, 0.3) is 0 Å². The van der Waals surface area contributed by atoms with Crippen molar-refractivity contribution in [2.24, 2.45) is 0 Å². The van der Waals surface area contributed by atoms with Gasteiger partial charge in [-0.05, 0) is 54.1 Å². The lowest BCUT2D eigenvalue weighted by atomic mass is 10.1. The maximum Gasteiger partial charge on any atom is 0.254 e. The zero-order valence-corrected chi connectivity index (χ0v) is 11.6. The predicted molar refractivity (Wildman–Crippen MR) is 72.0 cm³/mol. The summed E-state index contributed by atoms with van der Waals surface area (Å²) < 4.78 is 0.715. The second-order valence-electron chi connectivity index (χ2n) is 4.64. The molecule has 1 aliphatic heterocycles. The molecule has 1 amide bonds. The van der Waals surface area contributed by atoms with Gasteiger partial charge in [-0.25, -0.2) is 0 Å². The summed E-state index contributed by atoms with van der Waals surface area (Å²) in [6, 6.07) is 4.87. The fraction of sp³-hybridized carbons (Fsp3) is 0.417. The molecule has 0 aromatic heterocycles. The Bertz CT molecular complexity index is 459. The Hall–Kier alpha value is -0.820. The van der Waals surface area contributed by atoms with Gasteiger partial charge in [0.05, 0.1) is 9.17 Å². The number of rotatable bonds is 1. The molecule has 1 atom stereocenters. The van der Waals surface area contributed by atoms with E-state index < -0.39 is 5.60 Å². The molecule has 1 saturated heterocycles. The smallest absolute Gasteiger partial charge is 0.254 e. The number of hydrogen-bond donors (Lipinski definition) is 2. The van der Waals surface area contributed by atoms with E-state index in [2.05, 4.69) is 0 Å². The minimum atomic E-state index is -0.791. The van der Waals surface area contributed by atoms with Gasteiger partial charge in [0.1, 0.15) is 5.75 Å². The summed E-state index contributed by atoms with van der Waals surface area (Å²) >= 11 is 2.00. The summed E-state index contributed by atoms with van der Waals surface area (Å²) in [4.78, 5) is 13.7. The summed E-state index contributed by atoms with van der Waals surface area (Å²) in [6.07, 6.45) is 0.592. The maximum absolute atomic E-state index is 12.1. The fourth-order valence-corrected chi connectivity index (χ4v) is 2.28. The highest BCUT2D eigenvalue weighted by Crippen LogP contribution is 2.25. The highest BCUT2D eigenvalue weighted by atomic mass is 127. The number of hydrogen-bond acceptors (Lipinski definition) is 3. The summed E-state index contributed by atoms with van der Waals surface area (Å²) in [5.74, 6) is -0.0307. The number of halogens is 1. The van der Waals surface area contributed by atoms with Gasteiger partial charge in [-0.1, -0.05) is 0 Å². The molecule has 5 heteroatoms. The number of aliphatic hydroxyl groups is 1. The topological polar surface area (TPSA) is 60.8 Å². The van der Waals surface area contributed by atoms with E-state index in [0.29, 0.717) is 28.6 Å². The number of amides is 1. The van der Waals surface area contributed by atoms with Crippen LogP contribution >= 0.6 is 22.6 Å². The van der Waals surface area contributed by atoms with Crippen molar-refractivity contribution >= 4 is 28.5 Å². The molecule has 0 aliphatic carbocycles. The van der Waals surface area contributed by atoms with Gasteiger partial charge >= 0.3 is 0 Å². The van der Waals surface area contributed by atoms with Crippen LogP contribution in [0.3, 0.4) is 0 Å². The van der Waals surface area contributed by atoms with E-state index in [4.69, 9.17) is 0 Å². The number of phenolic OH excluding ortho intramolecular Hbond substituents is 1. The predicted octanol–water partition coefficient (Wildman–Crippen LogP) is 1.59. The van der Waals surface area contributed by atoms with Gasteiger partial charge in [0, 0.05) is 18.7 Å². The maximum atomic E-state index is 12.1. The van der Waals surface area contributed by atoms with Gasteiger partial charge in [-0.15, -0.1) is 0 Å². The van der Waals surface area contributed by atoms with Crippen LogP contribution in [0, 0.1) is 3.57 Å². The fourth-order valence-electron chi connectivity index (χ4n) is 1.95. The number of nitrogens with zero attached hydrogens (tertiary/aromatic N) is 1. The summed E-state index contributed by atoms with van der Waals surface area (Å²) in [5, 5.41) is 19.4. The van der Waals surface area contributed by atoms with Crippen LogP contribution in [-0.4, -0.2) is 39.7 Å². The molecule has 1 aromatic rings. The summed E-state index contributed by atoms with van der Waals surface area (Å²) in [5.41, 5.74) is -0.332. The van der Waals surface area contributed by atoms with Gasteiger partial charge < -0.3 is 15.1 Å². The Morgan fingerprint density at radius 2 is 2.24 bits per heavy atom. The number of β-amino-alcohol motifs (C(OH)–C–C–N with tert-alkyl or cyclic N) is 1. The largest absolute Gasteiger partial charge is 0.507 e. The van der Waals surface area contributed by atoms with Gasteiger partial charge in [0.15, 0.2) is 0 Å². The third-order valence-electron chi connectivity index (χ3n) is 2.93. The van der Waals surface area contributed by atoms with Crippen molar-refractivity contribution in [2.75, 3.05) is 13.1 Å². The van der Waals surface area contributed by atoms with Crippen molar-refractivity contribution < 1.29 is 15.0 Å². The standard InChI is InChI=1S/C12H14INO3/c1-12(17)4-5-14(7-12)11(16)8-2-3-9(13)10(15)6-8/h2-3,6,15,17H,4-5,7H2,1H3. The van der Waals surface area contributed by atoms with Crippen molar-refractivity contribution in [3.05, 3.63) is 27.3 Å². The molecule has 1 aliphatic rings. The van der Waals surface area contributed by atoms with E-state index in [1.807, 2.05) is 22.6 Å². The minimum Gasteiger partial charge on any atom is -0.507 e. The van der Waals surface area contributed by atoms with Gasteiger partial charge in [0.25, 0.3) is 5.91 Å². The second kappa shape index (κ2) is 4.45. The SMILES string of the molecule is CC1(O)CCN(C(=O)c2ccc(I)c(O)c2)C1. The number of phenols is 1. The van der Waals surface area contributed by atoms with E-state index >= 15 is 0 Å². The van der Waals surface area contributed by atoms with Gasteiger partial charge in [0.2, 0.25) is 0 Å². The number of benzene rings is 1. The van der Waals surface area contributed by atoms with E-state index in [9.17, 15) is 15.0 Å². The van der Waals surface area contributed by atoms with Crippen molar-refractivity contribution in [3.8, 4) is 5.75 Å². The molecule has 17 heavy (non-hydrogen) atoms. The van der Waals surface area contributed by atoms with Gasteiger partial charge in [-0.3, -0.25) is 4.79 Å². The zero-order chi connectivity index (χ0) is 12.6. The third kappa shape index (κ3) is 2.71. The number of likely N-dealkylation sites (tertiary alicyclic amines) is 1. The molecular formula is C12H14INO3. The molecule has 0 spiro atoms. The number of aromatic hydroxyl groups is 1. The Morgan fingerprint density at radius 3 is 2.76 bits per heavy atom. The molecule has 1 fully saturated rings. The Morgan fingerprint density at radius 1 is 1.53 bits per heavy atom. The van der Waals surface area contributed by atoms with E-state index in [0.717, 1.165) is 0 Å². The first-order valence-electron chi connectivity index (χ1n) is 5.39. The number of carbonyl (C=O) groups excluding carboxylic acids is 1. The molecule has 1 aromatic carbocycles. The van der Waals surface area contributed by atoms with Crippen LogP contribution in [0.5, 0.6) is 5.75 Å². The first kappa shape index (κ1) is 12.6. The second-order valence-corrected chi connectivity index (χ2v) is 5.80. The number of carbonyl (C=O) groups is 1. The van der Waals surface area contributed by atoms with Crippen LogP contribution in [0.1, 0.15) is 23.7 Å². The molecular weight excluding hydrogens is 333 g/mol. The highest BCUT2D eigenvalue weighted by Gasteiger charge is 2.34. The van der Waals surface area contributed by atoms with Crippen LogP contribution in [0.15, 0.2) is 18.2 Å². The van der Waals surface area contributed by atoms with Crippen molar-refractivity contribution in [1.82, 2.24) is 4.90 Å². The lowest BCUT2D eigenvalue weighted by Gasteiger charge is -2.19. The third-order valence-corrected chi connectivity index (χ3v) is 3.84. The molecule has 2 N–H and O–H groups in total. The van der Waals surface area contributed by atoms with Crippen molar-refractivity contribution in [2.45, 2.75) is 18.9 Å². The molecule has 0 saturated carbocycles. The monoisotopic (exact) mass is 347 g/mol. The molecule has 92 valence electrons. The normalized spacial score (nSPS) is 24.1. The Kier molecular flexibility index (Phi) is 3.31. The zero-order valence-electron chi connectivity index (χ0n) is 9.48. The van der Waals surface area contributed by atoms with E-state index in [1.165, 1.54) is 6.07 Å². The van der Waals surface area contributed by atoms with Crippen LogP contribution in [0.2, 0.25) is 0 Å². The molecule has 1 heterocycles. The first-order chi connectivity index (χ1) is 7.89. The molecule has 1 unspecified atom stereocenters.